The van der Waals surface area contributed by atoms with E-state index in [1.165, 1.54) is 12.1 Å². The van der Waals surface area contributed by atoms with Crippen molar-refractivity contribution >= 4 is 11.8 Å². The van der Waals surface area contributed by atoms with E-state index in [1.54, 1.807) is 20.8 Å². The predicted octanol–water partition coefficient (Wildman–Crippen LogP) is 4.04. The second kappa shape index (κ2) is 5.45. The van der Waals surface area contributed by atoms with Gasteiger partial charge in [-0.1, -0.05) is 12.5 Å². The zero-order valence-corrected chi connectivity index (χ0v) is 11.3. The number of halogens is 3. The molecule has 0 aromatic heterocycles. The van der Waals surface area contributed by atoms with Crippen LogP contribution in [0.2, 0.25) is 0 Å². The third-order valence-corrected chi connectivity index (χ3v) is 2.14. The van der Waals surface area contributed by atoms with E-state index in [4.69, 9.17) is 11.2 Å². The molecule has 1 rings (SSSR count). The molecule has 0 fully saturated rings. The molecule has 0 atom stereocenters. The Balaban J connectivity index is 3.09. The summed E-state index contributed by atoms with van der Waals surface area (Å²) in [5.41, 5.74) is -1.76. The molecule has 0 heterocycles. The van der Waals surface area contributed by atoms with Crippen LogP contribution in [0.25, 0.3) is 0 Å². The Morgan fingerprint density at radius 3 is 2.35 bits per heavy atom. The number of hydrogen-bond acceptors (Lipinski definition) is 2. The maximum absolute atomic E-state index is 12.6. The molecule has 0 unspecified atom stereocenters. The first kappa shape index (κ1) is 15.9. The zero-order valence-electron chi connectivity index (χ0n) is 11.3. The number of rotatable bonds is 1. The van der Waals surface area contributed by atoms with Gasteiger partial charge in [-0.05, 0) is 39.0 Å². The standard InChI is InChI=1S/C14H14F3NO2/c1-5-18(12(19)20-13(2,3)4)11-8-6-7-10(9-11)14(15,16)17/h1,6-9H,2-4H3. The fraction of sp³-hybridized carbons (Fsp3) is 0.357. The van der Waals surface area contributed by atoms with Crippen molar-refractivity contribution in [2.24, 2.45) is 0 Å². The minimum absolute atomic E-state index is 0.0726. The van der Waals surface area contributed by atoms with Crippen LogP contribution in [0.3, 0.4) is 0 Å². The normalized spacial score (nSPS) is 11.7. The summed E-state index contributed by atoms with van der Waals surface area (Å²) in [4.78, 5) is 12.5. The van der Waals surface area contributed by atoms with Crippen molar-refractivity contribution in [3.63, 3.8) is 0 Å². The van der Waals surface area contributed by atoms with E-state index in [0.717, 1.165) is 12.1 Å². The first-order chi connectivity index (χ1) is 9.04. The Labute approximate surface area is 115 Å². The summed E-state index contributed by atoms with van der Waals surface area (Å²) < 4.78 is 42.9. The monoisotopic (exact) mass is 285 g/mol. The molecule has 0 N–H and O–H groups in total. The molecule has 1 amide bonds. The van der Waals surface area contributed by atoms with E-state index < -0.39 is 23.4 Å². The van der Waals surface area contributed by atoms with E-state index in [1.807, 2.05) is 6.04 Å². The molecule has 0 saturated heterocycles. The molecule has 0 spiro atoms. The van der Waals surface area contributed by atoms with Crippen molar-refractivity contribution < 1.29 is 22.7 Å². The van der Waals surface area contributed by atoms with Gasteiger partial charge in [-0.2, -0.15) is 13.2 Å². The van der Waals surface area contributed by atoms with Crippen LogP contribution >= 0.6 is 0 Å². The van der Waals surface area contributed by atoms with E-state index >= 15 is 0 Å². The Bertz CT molecular complexity index is 539. The Kier molecular flexibility index (Phi) is 4.33. The minimum atomic E-state index is -4.51. The third-order valence-electron chi connectivity index (χ3n) is 2.14. The van der Waals surface area contributed by atoms with Gasteiger partial charge in [0.15, 0.2) is 0 Å². The lowest BCUT2D eigenvalue weighted by atomic mass is 10.2. The number of amides is 1. The molecule has 108 valence electrons. The molecule has 3 nitrogen and oxygen atoms in total. The molecule has 6 heteroatoms. The van der Waals surface area contributed by atoms with Gasteiger partial charge in [0, 0.05) is 6.04 Å². The number of carbonyl (C=O) groups is 1. The summed E-state index contributed by atoms with van der Waals surface area (Å²) in [6, 6.07) is 6.18. The number of terminal acetylenes is 1. The highest BCUT2D eigenvalue weighted by Crippen LogP contribution is 2.31. The van der Waals surface area contributed by atoms with Gasteiger partial charge in [-0.3, -0.25) is 0 Å². The van der Waals surface area contributed by atoms with E-state index in [0.29, 0.717) is 4.90 Å². The molecule has 0 aliphatic heterocycles. The van der Waals surface area contributed by atoms with Crippen molar-refractivity contribution in [3.8, 4) is 12.5 Å². The van der Waals surface area contributed by atoms with Crippen LogP contribution in [-0.2, 0) is 10.9 Å². The van der Waals surface area contributed by atoms with Crippen LogP contribution in [0, 0.1) is 12.5 Å². The van der Waals surface area contributed by atoms with Crippen LogP contribution in [0.1, 0.15) is 26.3 Å². The summed E-state index contributed by atoms with van der Waals surface area (Å²) in [6.45, 7) is 4.89. The van der Waals surface area contributed by atoms with Crippen molar-refractivity contribution in [2.45, 2.75) is 32.5 Å². The molecule has 0 aliphatic carbocycles. The lowest BCUT2D eigenvalue weighted by Crippen LogP contribution is -2.33. The van der Waals surface area contributed by atoms with Crippen LogP contribution in [0.5, 0.6) is 0 Å². The van der Waals surface area contributed by atoms with Crippen LogP contribution in [0.4, 0.5) is 23.7 Å². The highest BCUT2D eigenvalue weighted by Gasteiger charge is 2.31. The van der Waals surface area contributed by atoms with Crippen LogP contribution < -0.4 is 4.90 Å². The molecule has 20 heavy (non-hydrogen) atoms. The van der Waals surface area contributed by atoms with Crippen LogP contribution in [-0.4, -0.2) is 11.7 Å². The quantitative estimate of drug-likeness (QED) is 0.575. The molecule has 0 radical (unpaired) electrons. The van der Waals surface area contributed by atoms with Gasteiger partial charge in [0.05, 0.1) is 11.3 Å². The zero-order chi connectivity index (χ0) is 15.6. The number of nitrogens with zero attached hydrogens (tertiary/aromatic N) is 1. The van der Waals surface area contributed by atoms with Crippen LogP contribution in [0.15, 0.2) is 24.3 Å². The topological polar surface area (TPSA) is 29.5 Å². The fourth-order valence-corrected chi connectivity index (χ4v) is 1.36. The average molecular weight is 285 g/mol. The number of anilines is 1. The summed E-state index contributed by atoms with van der Waals surface area (Å²) in [5.74, 6) is 0. The molecule has 0 bridgehead atoms. The van der Waals surface area contributed by atoms with Crippen molar-refractivity contribution in [2.75, 3.05) is 4.90 Å². The Morgan fingerprint density at radius 1 is 1.30 bits per heavy atom. The van der Waals surface area contributed by atoms with E-state index in [2.05, 4.69) is 0 Å². The molecule has 0 saturated carbocycles. The first-order valence-electron chi connectivity index (χ1n) is 5.71. The number of alkyl halides is 3. The Morgan fingerprint density at radius 2 is 1.90 bits per heavy atom. The number of benzene rings is 1. The molecule has 1 aromatic carbocycles. The second-order valence-electron chi connectivity index (χ2n) is 4.99. The number of carbonyl (C=O) groups excluding carboxylic acids is 1. The van der Waals surface area contributed by atoms with Gasteiger partial charge in [0.25, 0.3) is 0 Å². The number of hydrogen-bond donors (Lipinski definition) is 0. The van der Waals surface area contributed by atoms with E-state index in [-0.39, 0.29) is 5.69 Å². The lowest BCUT2D eigenvalue weighted by Gasteiger charge is -2.24. The minimum Gasteiger partial charge on any atom is -0.443 e. The predicted molar refractivity (Wildman–Crippen MR) is 69.0 cm³/mol. The largest absolute Gasteiger partial charge is 0.443 e. The van der Waals surface area contributed by atoms with Gasteiger partial charge in [0.1, 0.15) is 5.60 Å². The smallest absolute Gasteiger partial charge is 0.426 e. The highest BCUT2D eigenvalue weighted by atomic mass is 19.4. The van der Waals surface area contributed by atoms with Gasteiger partial charge >= 0.3 is 12.3 Å². The van der Waals surface area contributed by atoms with Gasteiger partial charge in [-0.15, -0.1) is 0 Å². The molecule has 0 aliphatic rings. The van der Waals surface area contributed by atoms with Gasteiger partial charge < -0.3 is 4.74 Å². The molecular formula is C14H14F3NO2. The molecular weight excluding hydrogens is 271 g/mol. The van der Waals surface area contributed by atoms with Gasteiger partial charge in [0.2, 0.25) is 0 Å². The number of ether oxygens (including phenoxy) is 1. The first-order valence-corrected chi connectivity index (χ1v) is 5.71. The second-order valence-corrected chi connectivity index (χ2v) is 4.99. The van der Waals surface area contributed by atoms with Gasteiger partial charge in [-0.25, -0.2) is 9.69 Å². The SMILES string of the molecule is C#CN(C(=O)OC(C)(C)C)c1cccc(C(F)(F)F)c1. The summed E-state index contributed by atoms with van der Waals surface area (Å²) in [6.07, 6.45) is -0.236. The van der Waals surface area contributed by atoms with Crippen molar-refractivity contribution in [1.29, 1.82) is 0 Å². The maximum atomic E-state index is 12.6. The summed E-state index contributed by atoms with van der Waals surface area (Å²) in [7, 11) is 0. The average Bonchev–Trinajstić information content (AvgIpc) is 2.26. The highest BCUT2D eigenvalue weighted by molar-refractivity contribution is 5.91. The third kappa shape index (κ3) is 4.19. The maximum Gasteiger partial charge on any atom is 0.426 e. The fourth-order valence-electron chi connectivity index (χ4n) is 1.36. The lowest BCUT2D eigenvalue weighted by molar-refractivity contribution is -0.137. The Hall–Kier alpha value is -2.16. The summed E-state index contributed by atoms with van der Waals surface area (Å²) in [5, 5.41) is 0. The van der Waals surface area contributed by atoms with Crippen molar-refractivity contribution in [3.05, 3.63) is 29.8 Å². The summed E-state index contributed by atoms with van der Waals surface area (Å²) >= 11 is 0. The van der Waals surface area contributed by atoms with E-state index in [9.17, 15) is 18.0 Å². The van der Waals surface area contributed by atoms with Crippen molar-refractivity contribution in [1.82, 2.24) is 0 Å². The molecule has 1 aromatic rings.